The van der Waals surface area contributed by atoms with Gasteiger partial charge in [0.1, 0.15) is 12.4 Å². The first kappa shape index (κ1) is 19.1. The van der Waals surface area contributed by atoms with Crippen molar-refractivity contribution in [3.05, 3.63) is 71.3 Å². The average Bonchev–Trinajstić information content (AvgIpc) is 3.03. The van der Waals surface area contributed by atoms with Crippen LogP contribution in [0.15, 0.2) is 54.6 Å². The highest BCUT2D eigenvalue weighted by Crippen LogP contribution is 2.41. The highest BCUT2D eigenvalue weighted by Gasteiger charge is 2.50. The van der Waals surface area contributed by atoms with Crippen LogP contribution in [-0.2, 0) is 4.79 Å². The van der Waals surface area contributed by atoms with Gasteiger partial charge in [-0.15, -0.1) is 0 Å². The zero-order valence-electron chi connectivity index (χ0n) is 15.8. The summed E-state index contributed by atoms with van der Waals surface area (Å²) in [7, 11) is 0. The lowest BCUT2D eigenvalue weighted by molar-refractivity contribution is -0.117. The third kappa shape index (κ3) is 3.59. The number of Topliss-reactive ketones (excluding diaryl/α,β-unsaturated/α-hetero) is 1. The largest absolute Gasteiger partial charge is 0.478 e. The number of aliphatic hydroxyl groups excluding tert-OH is 1. The van der Waals surface area contributed by atoms with E-state index in [1.165, 1.54) is 6.08 Å². The molecule has 1 N–H and O–H groups in total. The molecule has 148 valence electrons. The first-order valence-corrected chi connectivity index (χ1v) is 9.56. The zero-order chi connectivity index (χ0) is 20.4. The Morgan fingerprint density at radius 2 is 1.83 bits per heavy atom. The van der Waals surface area contributed by atoms with Gasteiger partial charge in [0, 0.05) is 31.5 Å². The summed E-state index contributed by atoms with van der Waals surface area (Å²) in [6, 6.07) is 14.3. The molecule has 1 fully saturated rings. The van der Waals surface area contributed by atoms with Crippen LogP contribution in [-0.4, -0.2) is 52.8 Å². The predicted octanol–water partition coefficient (Wildman–Crippen LogP) is 2.51. The number of benzene rings is 2. The highest BCUT2D eigenvalue weighted by atomic mass is 16.5. The molecule has 2 aliphatic heterocycles. The number of piperidine rings is 1. The maximum atomic E-state index is 13.1. The second-order valence-corrected chi connectivity index (χ2v) is 7.30. The molecular formula is C23H21NO5. The first-order valence-electron chi connectivity index (χ1n) is 9.56. The van der Waals surface area contributed by atoms with Crippen LogP contribution in [0.3, 0.4) is 0 Å². The Morgan fingerprint density at radius 3 is 2.52 bits per heavy atom. The maximum Gasteiger partial charge on any atom is 0.253 e. The number of amides is 1. The summed E-state index contributed by atoms with van der Waals surface area (Å²) >= 11 is 0. The molecule has 0 aromatic heterocycles. The molecule has 0 atom stereocenters. The standard InChI is InChI=1S/C23H21NO5/c25-15-18(26)8-6-16-7-9-20-19(14-16)21(27)23(29-20)10-12-24(13-11-23)22(28)17-4-2-1-3-5-17/h1-9,14,25H,10-13,15H2/b8-6+. The molecule has 29 heavy (non-hydrogen) atoms. The lowest BCUT2D eigenvalue weighted by Gasteiger charge is -2.37. The van der Waals surface area contributed by atoms with Gasteiger partial charge in [-0.05, 0) is 35.9 Å². The smallest absolute Gasteiger partial charge is 0.253 e. The molecule has 0 aliphatic carbocycles. The molecule has 1 amide bonds. The lowest BCUT2D eigenvalue weighted by Crippen LogP contribution is -2.51. The van der Waals surface area contributed by atoms with Gasteiger partial charge in [-0.25, -0.2) is 0 Å². The fraction of sp³-hybridized carbons (Fsp3) is 0.261. The second kappa shape index (κ2) is 7.64. The first-order chi connectivity index (χ1) is 14.0. The van der Waals surface area contributed by atoms with E-state index in [-0.39, 0.29) is 11.7 Å². The van der Waals surface area contributed by atoms with Crippen LogP contribution in [0.1, 0.15) is 39.1 Å². The molecule has 0 bridgehead atoms. The number of likely N-dealkylation sites (tertiary alicyclic amines) is 1. The third-order valence-electron chi connectivity index (χ3n) is 5.46. The van der Waals surface area contributed by atoms with Gasteiger partial charge in [0.25, 0.3) is 5.91 Å². The third-order valence-corrected chi connectivity index (χ3v) is 5.46. The molecule has 0 radical (unpaired) electrons. The van der Waals surface area contributed by atoms with Crippen molar-refractivity contribution in [3.63, 3.8) is 0 Å². The molecule has 6 heteroatoms. The minimum absolute atomic E-state index is 0.0376. The van der Waals surface area contributed by atoms with Crippen molar-refractivity contribution in [2.75, 3.05) is 19.7 Å². The summed E-state index contributed by atoms with van der Waals surface area (Å²) < 4.78 is 6.06. The monoisotopic (exact) mass is 391 g/mol. The van der Waals surface area contributed by atoms with Crippen LogP contribution in [0, 0.1) is 0 Å². The molecule has 0 unspecified atom stereocenters. The molecule has 1 spiro atoms. The number of carbonyl (C=O) groups excluding carboxylic acids is 3. The van der Waals surface area contributed by atoms with Crippen molar-refractivity contribution >= 4 is 23.5 Å². The SMILES string of the molecule is O=C(/C=C/c1ccc2c(c1)C(=O)C1(CCN(C(=O)c3ccccc3)CC1)O2)CO. The minimum atomic E-state index is -0.931. The fourth-order valence-corrected chi connectivity index (χ4v) is 3.83. The molecule has 6 nitrogen and oxygen atoms in total. The van der Waals surface area contributed by atoms with Gasteiger partial charge < -0.3 is 14.7 Å². The number of carbonyl (C=O) groups is 3. The van der Waals surface area contributed by atoms with Crippen molar-refractivity contribution in [1.29, 1.82) is 0 Å². The number of nitrogens with zero attached hydrogens (tertiary/aromatic N) is 1. The van der Waals surface area contributed by atoms with Gasteiger partial charge in [-0.1, -0.05) is 30.3 Å². The number of fused-ring (bicyclic) bond motifs is 1. The molecular weight excluding hydrogens is 370 g/mol. The number of rotatable bonds is 4. The average molecular weight is 391 g/mol. The summed E-state index contributed by atoms with van der Waals surface area (Å²) in [4.78, 5) is 38.8. The highest BCUT2D eigenvalue weighted by molar-refractivity contribution is 6.08. The Kier molecular flexibility index (Phi) is 5.03. The van der Waals surface area contributed by atoms with Gasteiger partial charge in [-0.3, -0.25) is 14.4 Å². The molecule has 4 rings (SSSR count). The lowest BCUT2D eigenvalue weighted by atomic mass is 9.85. The molecule has 1 saturated heterocycles. The van der Waals surface area contributed by atoms with E-state index in [2.05, 4.69) is 0 Å². The minimum Gasteiger partial charge on any atom is -0.478 e. The molecule has 2 heterocycles. The number of ether oxygens (including phenoxy) is 1. The number of hydrogen-bond acceptors (Lipinski definition) is 5. The van der Waals surface area contributed by atoms with Crippen molar-refractivity contribution in [1.82, 2.24) is 4.90 Å². The van der Waals surface area contributed by atoms with Gasteiger partial charge in [0.15, 0.2) is 11.4 Å². The number of ketones is 2. The van der Waals surface area contributed by atoms with Crippen LogP contribution in [0.2, 0.25) is 0 Å². The van der Waals surface area contributed by atoms with E-state index < -0.39 is 18.0 Å². The maximum absolute atomic E-state index is 13.1. The summed E-state index contributed by atoms with van der Waals surface area (Å²) in [5.74, 6) is 0.0101. The van der Waals surface area contributed by atoms with E-state index >= 15 is 0 Å². The zero-order valence-corrected chi connectivity index (χ0v) is 15.8. The molecule has 2 aromatic rings. The van der Waals surface area contributed by atoms with Gasteiger partial charge in [0.05, 0.1) is 5.56 Å². The number of aliphatic hydroxyl groups is 1. The number of hydrogen-bond donors (Lipinski definition) is 1. The van der Waals surface area contributed by atoms with E-state index in [0.717, 1.165) is 0 Å². The van der Waals surface area contributed by atoms with Crippen LogP contribution in [0.25, 0.3) is 6.08 Å². The summed E-state index contributed by atoms with van der Waals surface area (Å²) in [6.45, 7) is 0.348. The van der Waals surface area contributed by atoms with E-state index in [4.69, 9.17) is 9.84 Å². The second-order valence-electron chi connectivity index (χ2n) is 7.30. The molecule has 2 aromatic carbocycles. The normalized spacial score (nSPS) is 17.4. The van der Waals surface area contributed by atoms with Crippen molar-refractivity contribution < 1.29 is 24.2 Å². The van der Waals surface area contributed by atoms with Gasteiger partial charge in [-0.2, -0.15) is 0 Å². The van der Waals surface area contributed by atoms with Crippen molar-refractivity contribution in [2.45, 2.75) is 18.4 Å². The van der Waals surface area contributed by atoms with E-state index in [0.29, 0.717) is 48.4 Å². The van der Waals surface area contributed by atoms with Crippen LogP contribution >= 0.6 is 0 Å². The van der Waals surface area contributed by atoms with E-state index in [1.54, 1.807) is 41.3 Å². The van der Waals surface area contributed by atoms with Crippen molar-refractivity contribution in [3.8, 4) is 5.75 Å². The quantitative estimate of drug-likeness (QED) is 0.810. The van der Waals surface area contributed by atoms with Crippen molar-refractivity contribution in [2.24, 2.45) is 0 Å². The Morgan fingerprint density at radius 1 is 1.10 bits per heavy atom. The Bertz CT molecular complexity index is 988. The molecule has 0 saturated carbocycles. The van der Waals surface area contributed by atoms with Crippen LogP contribution in [0.5, 0.6) is 5.75 Å². The Balaban J connectivity index is 1.48. The molecule has 2 aliphatic rings. The summed E-state index contributed by atoms with van der Waals surface area (Å²) in [5.41, 5.74) is 0.890. The van der Waals surface area contributed by atoms with E-state index in [1.807, 2.05) is 18.2 Å². The van der Waals surface area contributed by atoms with E-state index in [9.17, 15) is 14.4 Å². The van der Waals surface area contributed by atoms with Gasteiger partial charge in [0.2, 0.25) is 5.78 Å². The predicted molar refractivity (Wildman–Crippen MR) is 107 cm³/mol. The van der Waals surface area contributed by atoms with Gasteiger partial charge >= 0.3 is 0 Å². The summed E-state index contributed by atoms with van der Waals surface area (Å²) in [6.07, 6.45) is 3.73. The van der Waals surface area contributed by atoms with Crippen LogP contribution in [0.4, 0.5) is 0 Å². The summed E-state index contributed by atoms with van der Waals surface area (Å²) in [5, 5.41) is 8.81. The topological polar surface area (TPSA) is 83.9 Å². The Hall–Kier alpha value is -3.25. The Labute approximate surface area is 168 Å². The van der Waals surface area contributed by atoms with Crippen LogP contribution < -0.4 is 4.74 Å². The fourth-order valence-electron chi connectivity index (χ4n) is 3.83.